The SMILES string of the molecule is OC[C@H]1O[C@H](CC[C@H]2OC(O)[C@H](O)[C@@H](O)[C@@H]2O)[C@H](O)[C@@H](O)[C@@H]1O. The normalized spacial score (nSPS) is 51.7. The van der Waals surface area contributed by atoms with E-state index in [1.54, 1.807) is 0 Å². The van der Waals surface area contributed by atoms with Crippen LogP contribution >= 0.6 is 0 Å². The highest BCUT2D eigenvalue weighted by molar-refractivity contribution is 4.94. The first-order valence-corrected chi connectivity index (χ1v) is 7.46. The van der Waals surface area contributed by atoms with E-state index in [0.717, 1.165) is 0 Å². The Kier molecular flexibility index (Phi) is 6.30. The van der Waals surface area contributed by atoms with Gasteiger partial charge in [0, 0.05) is 0 Å². The summed E-state index contributed by atoms with van der Waals surface area (Å²) in [6, 6.07) is 0. The largest absolute Gasteiger partial charge is 0.394 e. The molecule has 0 aromatic rings. The van der Waals surface area contributed by atoms with Gasteiger partial charge in [0.05, 0.1) is 18.8 Å². The molecule has 0 aliphatic carbocycles. The predicted octanol–water partition coefficient (Wildman–Crippen LogP) is -4.59. The van der Waals surface area contributed by atoms with E-state index in [1.807, 2.05) is 0 Å². The number of hydrogen-bond acceptors (Lipinski definition) is 10. The van der Waals surface area contributed by atoms with Crippen LogP contribution in [0, 0.1) is 0 Å². The molecule has 2 aliphatic heterocycles. The number of aliphatic hydroxyl groups is 8. The molecule has 10 heteroatoms. The molecular formula is C13H24O10. The molecule has 0 aromatic heterocycles. The maximum absolute atomic E-state index is 9.90. The van der Waals surface area contributed by atoms with Gasteiger partial charge < -0.3 is 50.3 Å². The summed E-state index contributed by atoms with van der Waals surface area (Å²) in [7, 11) is 0. The van der Waals surface area contributed by atoms with Gasteiger partial charge in [0.2, 0.25) is 0 Å². The van der Waals surface area contributed by atoms with E-state index in [2.05, 4.69) is 0 Å². The molecule has 2 saturated heterocycles. The lowest BCUT2D eigenvalue weighted by Gasteiger charge is -2.42. The Balaban J connectivity index is 1.94. The Morgan fingerprint density at radius 1 is 0.522 bits per heavy atom. The fourth-order valence-electron chi connectivity index (χ4n) is 2.92. The van der Waals surface area contributed by atoms with Gasteiger partial charge in [-0.25, -0.2) is 0 Å². The van der Waals surface area contributed by atoms with E-state index in [9.17, 15) is 35.7 Å². The average molecular weight is 340 g/mol. The summed E-state index contributed by atoms with van der Waals surface area (Å²) in [5.74, 6) is 0. The molecule has 10 atom stereocenters. The fourth-order valence-corrected chi connectivity index (χ4v) is 2.92. The molecule has 8 N–H and O–H groups in total. The highest BCUT2D eigenvalue weighted by Gasteiger charge is 2.46. The first kappa shape index (κ1) is 18.9. The second-order valence-electron chi connectivity index (χ2n) is 5.98. The maximum atomic E-state index is 9.90. The molecular weight excluding hydrogens is 316 g/mol. The van der Waals surface area contributed by atoms with Gasteiger partial charge >= 0.3 is 0 Å². The predicted molar refractivity (Wildman–Crippen MR) is 71.9 cm³/mol. The van der Waals surface area contributed by atoms with Crippen molar-refractivity contribution >= 4 is 0 Å². The number of hydrogen-bond donors (Lipinski definition) is 8. The zero-order chi connectivity index (χ0) is 17.3. The first-order valence-electron chi connectivity index (χ1n) is 7.46. The molecule has 0 spiro atoms. The molecule has 23 heavy (non-hydrogen) atoms. The second-order valence-corrected chi connectivity index (χ2v) is 5.98. The lowest BCUT2D eigenvalue weighted by Crippen LogP contribution is -2.59. The third kappa shape index (κ3) is 3.82. The van der Waals surface area contributed by atoms with Crippen LogP contribution in [-0.2, 0) is 9.47 Å². The van der Waals surface area contributed by atoms with Gasteiger partial charge in [-0.2, -0.15) is 0 Å². The summed E-state index contributed by atoms with van der Waals surface area (Å²) >= 11 is 0. The smallest absolute Gasteiger partial charge is 0.183 e. The number of aliphatic hydroxyl groups excluding tert-OH is 8. The zero-order valence-electron chi connectivity index (χ0n) is 12.3. The van der Waals surface area contributed by atoms with E-state index < -0.39 is 67.8 Å². The molecule has 0 amide bonds. The van der Waals surface area contributed by atoms with Crippen LogP contribution in [0.3, 0.4) is 0 Å². The highest BCUT2D eigenvalue weighted by Crippen LogP contribution is 2.28. The van der Waals surface area contributed by atoms with Crippen LogP contribution in [-0.4, -0.2) is 109 Å². The van der Waals surface area contributed by atoms with Crippen LogP contribution in [0.5, 0.6) is 0 Å². The Morgan fingerprint density at radius 3 is 1.48 bits per heavy atom. The summed E-state index contributed by atoms with van der Waals surface area (Å²) in [5, 5.41) is 76.7. The Labute approximate surface area is 132 Å². The lowest BCUT2D eigenvalue weighted by molar-refractivity contribution is -0.285. The summed E-state index contributed by atoms with van der Waals surface area (Å²) in [6.07, 6.45) is -13.6. The Hall–Kier alpha value is -0.400. The van der Waals surface area contributed by atoms with Crippen molar-refractivity contribution < 1.29 is 50.3 Å². The van der Waals surface area contributed by atoms with Gasteiger partial charge in [0.25, 0.3) is 0 Å². The standard InChI is InChI=1S/C13H24O10/c14-3-6-9(17)10(18)7(15)4(22-6)1-2-5-8(16)11(19)12(20)13(21)23-5/h4-21H,1-3H2/t4-,5-,6-,7+,8-,9-,10-,11+,12-,13?/m1/s1. The van der Waals surface area contributed by atoms with Crippen molar-refractivity contribution in [1.82, 2.24) is 0 Å². The number of ether oxygens (including phenoxy) is 2. The van der Waals surface area contributed by atoms with E-state index in [4.69, 9.17) is 14.6 Å². The molecule has 2 aliphatic rings. The highest BCUT2D eigenvalue weighted by atomic mass is 16.6. The Morgan fingerprint density at radius 2 is 0.957 bits per heavy atom. The van der Waals surface area contributed by atoms with Crippen LogP contribution in [0.4, 0.5) is 0 Å². The minimum atomic E-state index is -1.66. The molecule has 2 fully saturated rings. The number of rotatable bonds is 4. The Bertz CT molecular complexity index is 380. The third-order valence-corrected chi connectivity index (χ3v) is 4.41. The quantitative estimate of drug-likeness (QED) is 0.248. The van der Waals surface area contributed by atoms with Gasteiger partial charge in [-0.15, -0.1) is 0 Å². The van der Waals surface area contributed by atoms with Gasteiger partial charge in [-0.05, 0) is 12.8 Å². The van der Waals surface area contributed by atoms with Gasteiger partial charge in [0.1, 0.15) is 42.7 Å². The summed E-state index contributed by atoms with van der Waals surface area (Å²) in [4.78, 5) is 0. The summed E-state index contributed by atoms with van der Waals surface area (Å²) in [6.45, 7) is -0.548. The van der Waals surface area contributed by atoms with E-state index in [0.29, 0.717) is 0 Å². The van der Waals surface area contributed by atoms with Crippen molar-refractivity contribution in [3.05, 3.63) is 0 Å². The van der Waals surface area contributed by atoms with Crippen molar-refractivity contribution in [2.45, 2.75) is 74.1 Å². The third-order valence-electron chi connectivity index (χ3n) is 4.41. The monoisotopic (exact) mass is 340 g/mol. The summed E-state index contributed by atoms with van der Waals surface area (Å²) < 4.78 is 10.3. The minimum absolute atomic E-state index is 0.0324. The fraction of sp³-hybridized carbons (Fsp3) is 1.00. The van der Waals surface area contributed by atoms with Crippen molar-refractivity contribution in [1.29, 1.82) is 0 Å². The van der Waals surface area contributed by atoms with E-state index in [-0.39, 0.29) is 12.8 Å². The molecule has 136 valence electrons. The summed E-state index contributed by atoms with van der Waals surface area (Å²) in [5.41, 5.74) is 0. The average Bonchev–Trinajstić information content (AvgIpc) is 2.54. The molecule has 2 heterocycles. The molecule has 0 radical (unpaired) electrons. The topological polar surface area (TPSA) is 180 Å². The maximum Gasteiger partial charge on any atom is 0.183 e. The lowest BCUT2D eigenvalue weighted by atomic mass is 9.90. The van der Waals surface area contributed by atoms with Crippen LogP contribution in [0.1, 0.15) is 12.8 Å². The zero-order valence-corrected chi connectivity index (χ0v) is 12.3. The van der Waals surface area contributed by atoms with Crippen LogP contribution in [0.2, 0.25) is 0 Å². The van der Waals surface area contributed by atoms with Crippen molar-refractivity contribution in [2.24, 2.45) is 0 Å². The molecule has 1 unspecified atom stereocenters. The first-order chi connectivity index (χ1) is 10.8. The van der Waals surface area contributed by atoms with E-state index >= 15 is 0 Å². The molecule has 0 saturated carbocycles. The van der Waals surface area contributed by atoms with Gasteiger partial charge in [0.15, 0.2) is 6.29 Å². The minimum Gasteiger partial charge on any atom is -0.394 e. The van der Waals surface area contributed by atoms with E-state index in [1.165, 1.54) is 0 Å². The van der Waals surface area contributed by atoms with Crippen molar-refractivity contribution in [3.8, 4) is 0 Å². The van der Waals surface area contributed by atoms with Crippen LogP contribution < -0.4 is 0 Å². The molecule has 0 aromatic carbocycles. The molecule has 2 rings (SSSR count). The van der Waals surface area contributed by atoms with Crippen LogP contribution in [0.15, 0.2) is 0 Å². The van der Waals surface area contributed by atoms with Crippen LogP contribution in [0.25, 0.3) is 0 Å². The second kappa shape index (κ2) is 7.66. The van der Waals surface area contributed by atoms with Gasteiger partial charge in [-0.3, -0.25) is 0 Å². The van der Waals surface area contributed by atoms with Gasteiger partial charge in [-0.1, -0.05) is 0 Å². The molecule has 10 nitrogen and oxygen atoms in total. The van der Waals surface area contributed by atoms with Crippen molar-refractivity contribution in [2.75, 3.05) is 6.61 Å². The van der Waals surface area contributed by atoms with Crippen molar-refractivity contribution in [3.63, 3.8) is 0 Å². The molecule has 0 bridgehead atoms.